The number of rotatable bonds is 6. The molecule has 0 aliphatic carbocycles. The number of nitrogens with zero attached hydrogens (tertiary/aromatic N) is 1. The first-order chi connectivity index (χ1) is 13.0. The van der Waals surface area contributed by atoms with Crippen LogP contribution in [0.1, 0.15) is 16.1 Å². The molecule has 1 aliphatic rings. The molecule has 9 heteroatoms. The van der Waals surface area contributed by atoms with E-state index >= 15 is 0 Å². The van der Waals surface area contributed by atoms with Crippen LogP contribution in [0.4, 0.5) is 5.69 Å². The first kappa shape index (κ1) is 19.1. The number of esters is 1. The maximum atomic E-state index is 12.1. The highest BCUT2D eigenvalue weighted by Crippen LogP contribution is 2.34. The molecule has 2 aromatic rings. The van der Waals surface area contributed by atoms with Crippen molar-refractivity contribution in [3.8, 4) is 0 Å². The van der Waals surface area contributed by atoms with Crippen LogP contribution in [-0.2, 0) is 19.1 Å². The van der Waals surface area contributed by atoms with E-state index in [-0.39, 0.29) is 18.9 Å². The zero-order chi connectivity index (χ0) is 19.2. The van der Waals surface area contributed by atoms with Crippen molar-refractivity contribution in [2.24, 2.45) is 0 Å². The summed E-state index contributed by atoms with van der Waals surface area (Å²) < 4.78 is 4.89. The second-order valence-electron chi connectivity index (χ2n) is 5.57. The van der Waals surface area contributed by atoms with Crippen LogP contribution in [0.25, 0.3) is 0 Å². The molecule has 140 valence electrons. The van der Waals surface area contributed by atoms with E-state index < -0.39 is 24.4 Å². The Labute approximate surface area is 163 Å². The molecular formula is C18H16N2O5S2. The SMILES string of the molecule is O=C(COC(=O)CCN1C(=O)CSc2ccccc21)NC(=O)c1cccs1. The van der Waals surface area contributed by atoms with Crippen LogP contribution in [0.5, 0.6) is 0 Å². The summed E-state index contributed by atoms with van der Waals surface area (Å²) in [6, 6.07) is 10.8. The van der Waals surface area contributed by atoms with Crippen molar-refractivity contribution in [3.05, 3.63) is 46.7 Å². The lowest BCUT2D eigenvalue weighted by molar-refractivity contribution is -0.148. The third kappa shape index (κ3) is 4.95. The smallest absolute Gasteiger partial charge is 0.308 e. The first-order valence-corrected chi connectivity index (χ1v) is 9.96. The number of imide groups is 1. The van der Waals surface area contributed by atoms with E-state index in [1.807, 2.05) is 24.3 Å². The molecule has 0 saturated heterocycles. The van der Waals surface area contributed by atoms with Crippen LogP contribution in [0.2, 0.25) is 0 Å². The van der Waals surface area contributed by atoms with Gasteiger partial charge < -0.3 is 9.64 Å². The van der Waals surface area contributed by atoms with Gasteiger partial charge in [0.25, 0.3) is 11.8 Å². The molecule has 3 amide bonds. The van der Waals surface area contributed by atoms with Gasteiger partial charge in [-0.25, -0.2) is 0 Å². The number of hydrogen-bond donors (Lipinski definition) is 1. The molecule has 27 heavy (non-hydrogen) atoms. The minimum Gasteiger partial charge on any atom is -0.456 e. The van der Waals surface area contributed by atoms with Gasteiger partial charge in [-0.05, 0) is 23.6 Å². The van der Waals surface area contributed by atoms with Crippen molar-refractivity contribution in [1.29, 1.82) is 0 Å². The van der Waals surface area contributed by atoms with E-state index in [0.29, 0.717) is 10.6 Å². The van der Waals surface area contributed by atoms with Crippen LogP contribution >= 0.6 is 23.1 Å². The van der Waals surface area contributed by atoms with E-state index in [4.69, 9.17) is 4.74 Å². The number of thiophene rings is 1. The van der Waals surface area contributed by atoms with Crippen molar-refractivity contribution in [2.45, 2.75) is 11.3 Å². The van der Waals surface area contributed by atoms with Gasteiger partial charge in [0.15, 0.2) is 6.61 Å². The molecule has 1 aliphatic heterocycles. The predicted octanol–water partition coefficient (Wildman–Crippen LogP) is 2.08. The van der Waals surface area contributed by atoms with Crippen molar-refractivity contribution >= 4 is 52.5 Å². The largest absolute Gasteiger partial charge is 0.456 e. The van der Waals surface area contributed by atoms with Crippen molar-refractivity contribution in [1.82, 2.24) is 5.32 Å². The summed E-state index contributed by atoms with van der Waals surface area (Å²) in [5.41, 5.74) is 0.769. The highest BCUT2D eigenvalue weighted by Gasteiger charge is 2.25. The summed E-state index contributed by atoms with van der Waals surface area (Å²) in [6.07, 6.45) is -0.0447. The van der Waals surface area contributed by atoms with Gasteiger partial charge in [-0.15, -0.1) is 23.1 Å². The quantitative estimate of drug-likeness (QED) is 0.741. The van der Waals surface area contributed by atoms with Gasteiger partial charge in [-0.1, -0.05) is 18.2 Å². The molecule has 2 heterocycles. The normalized spacial score (nSPS) is 13.0. The predicted molar refractivity (Wildman–Crippen MR) is 102 cm³/mol. The fourth-order valence-corrected chi connectivity index (χ4v) is 4.01. The lowest BCUT2D eigenvalue weighted by atomic mass is 10.2. The van der Waals surface area contributed by atoms with E-state index in [0.717, 1.165) is 10.6 Å². The maximum Gasteiger partial charge on any atom is 0.308 e. The van der Waals surface area contributed by atoms with Gasteiger partial charge in [0.2, 0.25) is 5.91 Å². The number of amides is 3. The molecular weight excluding hydrogens is 388 g/mol. The van der Waals surface area contributed by atoms with Gasteiger partial charge in [-0.2, -0.15) is 0 Å². The van der Waals surface area contributed by atoms with Crippen molar-refractivity contribution in [3.63, 3.8) is 0 Å². The number of para-hydroxylation sites is 1. The fourth-order valence-electron chi connectivity index (χ4n) is 2.45. The fraction of sp³-hybridized carbons (Fsp3) is 0.222. The minimum atomic E-state index is -0.697. The van der Waals surface area contributed by atoms with E-state index in [2.05, 4.69) is 5.32 Å². The van der Waals surface area contributed by atoms with Crippen LogP contribution < -0.4 is 10.2 Å². The first-order valence-electron chi connectivity index (χ1n) is 8.10. The number of thioether (sulfide) groups is 1. The number of carbonyl (C=O) groups is 4. The number of anilines is 1. The van der Waals surface area contributed by atoms with Gasteiger partial charge >= 0.3 is 5.97 Å². The Hall–Kier alpha value is -2.65. The van der Waals surface area contributed by atoms with Gasteiger partial charge in [-0.3, -0.25) is 24.5 Å². The Bertz CT molecular complexity index is 866. The molecule has 1 aromatic heterocycles. The zero-order valence-corrected chi connectivity index (χ0v) is 15.8. The molecule has 0 spiro atoms. The summed E-state index contributed by atoms with van der Waals surface area (Å²) in [5.74, 6) is -1.60. The summed E-state index contributed by atoms with van der Waals surface area (Å²) in [6.45, 7) is -0.374. The molecule has 3 rings (SSSR count). The number of nitrogens with one attached hydrogen (secondary N) is 1. The topological polar surface area (TPSA) is 92.8 Å². The third-order valence-electron chi connectivity index (χ3n) is 3.71. The standard InChI is InChI=1S/C18H16N2O5S2/c21-15(19-18(24)14-6-3-9-26-14)10-25-17(23)7-8-20-12-4-1-2-5-13(12)27-11-16(20)22/h1-6,9H,7-8,10-11H2,(H,19,21,24). The Morgan fingerprint density at radius 1 is 1.15 bits per heavy atom. The summed E-state index contributed by atoms with van der Waals surface area (Å²) in [4.78, 5) is 50.4. The number of fused-ring (bicyclic) bond motifs is 1. The summed E-state index contributed by atoms with van der Waals surface area (Å²) in [5, 5.41) is 3.87. The van der Waals surface area contributed by atoms with Gasteiger partial charge in [0.1, 0.15) is 0 Å². The molecule has 0 fully saturated rings. The zero-order valence-electron chi connectivity index (χ0n) is 14.2. The van der Waals surface area contributed by atoms with Crippen LogP contribution in [-0.4, -0.2) is 42.6 Å². The van der Waals surface area contributed by atoms with E-state index in [1.54, 1.807) is 22.4 Å². The summed E-state index contributed by atoms with van der Waals surface area (Å²) >= 11 is 2.67. The molecule has 0 unspecified atom stereocenters. The second-order valence-corrected chi connectivity index (χ2v) is 7.53. The second kappa shape index (κ2) is 8.83. The summed E-state index contributed by atoms with van der Waals surface area (Å²) in [7, 11) is 0. The van der Waals surface area contributed by atoms with Crippen molar-refractivity contribution < 1.29 is 23.9 Å². The van der Waals surface area contributed by atoms with Crippen LogP contribution in [0.15, 0.2) is 46.7 Å². The molecule has 0 bridgehead atoms. The molecule has 1 N–H and O–H groups in total. The van der Waals surface area contributed by atoms with Crippen LogP contribution in [0, 0.1) is 0 Å². The maximum absolute atomic E-state index is 12.1. The Morgan fingerprint density at radius 2 is 1.96 bits per heavy atom. The minimum absolute atomic E-state index is 0.0447. The van der Waals surface area contributed by atoms with Gasteiger partial charge in [0.05, 0.1) is 22.7 Å². The lowest BCUT2D eigenvalue weighted by Crippen LogP contribution is -2.37. The number of ether oxygens (including phenoxy) is 1. The molecule has 7 nitrogen and oxygen atoms in total. The van der Waals surface area contributed by atoms with E-state index in [9.17, 15) is 19.2 Å². The average Bonchev–Trinajstić information content (AvgIpc) is 3.20. The van der Waals surface area contributed by atoms with E-state index in [1.165, 1.54) is 23.1 Å². The molecule has 0 atom stereocenters. The number of benzene rings is 1. The molecule has 0 radical (unpaired) electrons. The molecule has 0 saturated carbocycles. The lowest BCUT2D eigenvalue weighted by Gasteiger charge is -2.28. The number of hydrogen-bond acceptors (Lipinski definition) is 7. The average molecular weight is 404 g/mol. The monoisotopic (exact) mass is 404 g/mol. The third-order valence-corrected chi connectivity index (χ3v) is 5.63. The van der Waals surface area contributed by atoms with Gasteiger partial charge in [0, 0.05) is 11.4 Å². The Morgan fingerprint density at radius 3 is 2.74 bits per heavy atom. The molecule has 1 aromatic carbocycles. The van der Waals surface area contributed by atoms with Crippen molar-refractivity contribution in [2.75, 3.05) is 23.8 Å². The Kier molecular flexibility index (Phi) is 6.25. The highest BCUT2D eigenvalue weighted by molar-refractivity contribution is 8.00. The van der Waals surface area contributed by atoms with Crippen LogP contribution in [0.3, 0.4) is 0 Å². The highest BCUT2D eigenvalue weighted by atomic mass is 32.2. The Balaban J connectivity index is 1.45. The number of carbonyl (C=O) groups excluding carboxylic acids is 4.